The SMILES string of the molecule is NCC(NS(=O)(=O)c1ccc(Br)cc1Cl)C1CCCCC1. The van der Waals surface area contributed by atoms with Gasteiger partial charge in [-0.2, -0.15) is 0 Å². The topological polar surface area (TPSA) is 72.2 Å². The van der Waals surface area contributed by atoms with E-state index in [1.54, 1.807) is 12.1 Å². The molecule has 1 atom stereocenters. The molecule has 0 heterocycles. The Morgan fingerprint density at radius 1 is 1.33 bits per heavy atom. The number of halogens is 2. The van der Waals surface area contributed by atoms with Crippen molar-refractivity contribution < 1.29 is 8.42 Å². The van der Waals surface area contributed by atoms with Crippen LogP contribution in [0.1, 0.15) is 32.1 Å². The molecule has 1 unspecified atom stereocenters. The molecular weight excluding hydrogens is 376 g/mol. The Morgan fingerprint density at radius 2 is 2.00 bits per heavy atom. The Bertz CT molecular complexity index is 589. The van der Waals surface area contributed by atoms with E-state index >= 15 is 0 Å². The van der Waals surface area contributed by atoms with E-state index in [4.69, 9.17) is 17.3 Å². The van der Waals surface area contributed by atoms with Crippen LogP contribution in [0.4, 0.5) is 0 Å². The maximum absolute atomic E-state index is 12.5. The predicted molar refractivity (Wildman–Crippen MR) is 88.9 cm³/mol. The summed E-state index contributed by atoms with van der Waals surface area (Å²) in [6.07, 6.45) is 5.56. The maximum Gasteiger partial charge on any atom is 0.242 e. The lowest BCUT2D eigenvalue weighted by atomic mass is 9.84. The van der Waals surface area contributed by atoms with Crippen LogP contribution in [0.25, 0.3) is 0 Å². The summed E-state index contributed by atoms with van der Waals surface area (Å²) < 4.78 is 28.5. The molecule has 1 aromatic rings. The van der Waals surface area contributed by atoms with Gasteiger partial charge in [0, 0.05) is 17.1 Å². The second-order valence-corrected chi connectivity index (χ2v) is 8.44. The van der Waals surface area contributed by atoms with Crippen LogP contribution in [-0.2, 0) is 10.0 Å². The molecule has 0 radical (unpaired) electrons. The standard InChI is InChI=1S/C14H20BrClN2O2S/c15-11-6-7-14(12(16)8-11)21(19,20)18-13(9-17)10-4-2-1-3-5-10/h6-8,10,13,18H,1-5,9,17H2. The molecule has 0 bridgehead atoms. The first-order valence-electron chi connectivity index (χ1n) is 7.11. The van der Waals surface area contributed by atoms with E-state index in [2.05, 4.69) is 20.7 Å². The van der Waals surface area contributed by atoms with Gasteiger partial charge >= 0.3 is 0 Å². The first-order valence-corrected chi connectivity index (χ1v) is 9.77. The molecule has 2 rings (SSSR count). The molecule has 21 heavy (non-hydrogen) atoms. The Kier molecular flexibility index (Phi) is 6.08. The average Bonchev–Trinajstić information content (AvgIpc) is 2.45. The van der Waals surface area contributed by atoms with Crippen LogP contribution < -0.4 is 10.5 Å². The Morgan fingerprint density at radius 3 is 2.57 bits per heavy atom. The second-order valence-electron chi connectivity index (χ2n) is 5.44. The van der Waals surface area contributed by atoms with Gasteiger partial charge in [0.1, 0.15) is 4.90 Å². The molecule has 3 N–H and O–H groups in total. The van der Waals surface area contributed by atoms with Crippen LogP contribution in [0.5, 0.6) is 0 Å². The van der Waals surface area contributed by atoms with Gasteiger partial charge in [0.25, 0.3) is 0 Å². The molecule has 0 aromatic heterocycles. The third-order valence-electron chi connectivity index (χ3n) is 3.96. The Hall–Kier alpha value is -0.140. The van der Waals surface area contributed by atoms with E-state index in [0.717, 1.165) is 30.2 Å². The van der Waals surface area contributed by atoms with Crippen LogP contribution in [-0.4, -0.2) is 21.0 Å². The number of nitrogens with two attached hydrogens (primary N) is 1. The highest BCUT2D eigenvalue weighted by atomic mass is 79.9. The fourth-order valence-corrected chi connectivity index (χ4v) is 5.18. The number of hydrogen-bond donors (Lipinski definition) is 2. The van der Waals surface area contributed by atoms with Gasteiger partial charge in [0.05, 0.1) is 5.02 Å². The molecular formula is C14H20BrClN2O2S. The minimum Gasteiger partial charge on any atom is -0.329 e. The summed E-state index contributed by atoms with van der Waals surface area (Å²) in [4.78, 5) is 0.0987. The first-order chi connectivity index (χ1) is 9.94. The first kappa shape index (κ1) is 17.2. The highest BCUT2D eigenvalue weighted by molar-refractivity contribution is 9.10. The molecule has 0 aliphatic heterocycles. The number of rotatable bonds is 5. The lowest BCUT2D eigenvalue weighted by Gasteiger charge is -2.30. The van der Waals surface area contributed by atoms with Crippen molar-refractivity contribution in [1.82, 2.24) is 4.72 Å². The van der Waals surface area contributed by atoms with Gasteiger partial charge in [-0.25, -0.2) is 13.1 Å². The molecule has 1 saturated carbocycles. The smallest absolute Gasteiger partial charge is 0.242 e. The van der Waals surface area contributed by atoms with Crippen molar-refractivity contribution in [2.45, 2.75) is 43.0 Å². The second kappa shape index (κ2) is 7.42. The summed E-state index contributed by atoms with van der Waals surface area (Å²) in [7, 11) is -3.65. The molecule has 1 aliphatic rings. The highest BCUT2D eigenvalue weighted by Gasteiger charge is 2.28. The Balaban J connectivity index is 2.18. The largest absolute Gasteiger partial charge is 0.329 e. The molecule has 0 spiro atoms. The van der Waals surface area contributed by atoms with Gasteiger partial charge in [-0.1, -0.05) is 46.8 Å². The van der Waals surface area contributed by atoms with Crippen molar-refractivity contribution in [2.75, 3.05) is 6.54 Å². The molecule has 1 aromatic carbocycles. The van der Waals surface area contributed by atoms with E-state index < -0.39 is 10.0 Å². The van der Waals surface area contributed by atoms with Crippen LogP contribution in [0.3, 0.4) is 0 Å². The number of nitrogens with one attached hydrogen (secondary N) is 1. The number of hydrogen-bond acceptors (Lipinski definition) is 3. The number of benzene rings is 1. The van der Waals surface area contributed by atoms with Crippen LogP contribution in [0, 0.1) is 5.92 Å². The van der Waals surface area contributed by atoms with Crippen molar-refractivity contribution in [3.63, 3.8) is 0 Å². The fraction of sp³-hybridized carbons (Fsp3) is 0.571. The van der Waals surface area contributed by atoms with E-state index in [-0.39, 0.29) is 16.0 Å². The highest BCUT2D eigenvalue weighted by Crippen LogP contribution is 2.29. The monoisotopic (exact) mass is 394 g/mol. The van der Waals surface area contributed by atoms with Gasteiger partial charge < -0.3 is 5.73 Å². The van der Waals surface area contributed by atoms with E-state index in [9.17, 15) is 8.42 Å². The third-order valence-corrected chi connectivity index (χ3v) is 6.43. The molecule has 1 fully saturated rings. The zero-order chi connectivity index (χ0) is 15.5. The van der Waals surface area contributed by atoms with Crippen molar-refractivity contribution in [3.8, 4) is 0 Å². The lowest BCUT2D eigenvalue weighted by Crippen LogP contribution is -2.45. The minimum atomic E-state index is -3.65. The molecule has 0 amide bonds. The maximum atomic E-state index is 12.5. The van der Waals surface area contributed by atoms with E-state index in [1.807, 2.05) is 0 Å². The van der Waals surface area contributed by atoms with E-state index in [0.29, 0.717) is 12.5 Å². The van der Waals surface area contributed by atoms with Crippen LogP contribution in [0.15, 0.2) is 27.6 Å². The molecule has 7 heteroatoms. The molecule has 0 saturated heterocycles. The summed E-state index contributed by atoms with van der Waals surface area (Å²) in [5.74, 6) is 0.313. The molecule has 4 nitrogen and oxygen atoms in total. The third kappa shape index (κ3) is 4.42. The van der Waals surface area contributed by atoms with Gasteiger partial charge in [-0.05, 0) is 37.0 Å². The van der Waals surface area contributed by atoms with Gasteiger partial charge in [-0.15, -0.1) is 0 Å². The zero-order valence-electron chi connectivity index (χ0n) is 11.7. The predicted octanol–water partition coefficient (Wildman–Crippen LogP) is 3.29. The molecule has 1 aliphatic carbocycles. The number of sulfonamides is 1. The van der Waals surface area contributed by atoms with Crippen LogP contribution in [0.2, 0.25) is 5.02 Å². The summed E-state index contributed by atoms with van der Waals surface area (Å²) >= 11 is 9.32. The van der Waals surface area contributed by atoms with Crippen molar-refractivity contribution in [1.29, 1.82) is 0 Å². The van der Waals surface area contributed by atoms with Crippen molar-refractivity contribution in [2.24, 2.45) is 11.7 Å². The van der Waals surface area contributed by atoms with E-state index in [1.165, 1.54) is 12.5 Å². The lowest BCUT2D eigenvalue weighted by molar-refractivity contribution is 0.294. The summed E-state index contributed by atoms with van der Waals surface area (Å²) in [5.41, 5.74) is 5.78. The normalized spacial score (nSPS) is 18.6. The summed E-state index contributed by atoms with van der Waals surface area (Å²) in [6.45, 7) is 0.304. The summed E-state index contributed by atoms with van der Waals surface area (Å²) in [5, 5.41) is 0.205. The summed E-state index contributed by atoms with van der Waals surface area (Å²) in [6, 6.07) is 4.52. The Labute approximate surface area is 139 Å². The van der Waals surface area contributed by atoms with Gasteiger partial charge in [-0.3, -0.25) is 0 Å². The van der Waals surface area contributed by atoms with Crippen molar-refractivity contribution in [3.05, 3.63) is 27.7 Å². The van der Waals surface area contributed by atoms with Crippen molar-refractivity contribution >= 4 is 37.6 Å². The molecule has 118 valence electrons. The fourth-order valence-electron chi connectivity index (χ4n) is 2.83. The minimum absolute atomic E-state index is 0.0987. The zero-order valence-corrected chi connectivity index (χ0v) is 14.8. The quantitative estimate of drug-likeness (QED) is 0.803. The van der Waals surface area contributed by atoms with Gasteiger partial charge in [0.2, 0.25) is 10.0 Å². The van der Waals surface area contributed by atoms with Gasteiger partial charge in [0.15, 0.2) is 0 Å². The van der Waals surface area contributed by atoms with Crippen LogP contribution >= 0.6 is 27.5 Å². The average molecular weight is 396 g/mol.